The van der Waals surface area contributed by atoms with Crippen molar-refractivity contribution in [1.82, 2.24) is 19.7 Å². The maximum absolute atomic E-state index is 13.3. The van der Waals surface area contributed by atoms with Crippen molar-refractivity contribution in [2.45, 2.75) is 51.6 Å². The number of aromatic nitrogens is 3. The molecule has 1 fully saturated rings. The minimum atomic E-state index is -2.69. The molecule has 1 atom stereocenters. The molecule has 0 bridgehead atoms. The number of piperidine rings is 1. The van der Waals surface area contributed by atoms with Crippen LogP contribution in [0.2, 0.25) is 0 Å². The lowest BCUT2D eigenvalue weighted by atomic mass is 10.0. The second-order valence-electron chi connectivity index (χ2n) is 7.92. The Hall–Kier alpha value is -3.23. The van der Waals surface area contributed by atoms with Crippen molar-refractivity contribution in [3.05, 3.63) is 65.1 Å². The van der Waals surface area contributed by atoms with E-state index in [2.05, 4.69) is 10.1 Å². The number of nitrogens with zero attached hydrogens (tertiary/aromatic N) is 4. The van der Waals surface area contributed by atoms with Gasteiger partial charge >= 0.3 is 0 Å². The second-order valence-corrected chi connectivity index (χ2v) is 7.92. The zero-order valence-corrected chi connectivity index (χ0v) is 18.1. The van der Waals surface area contributed by atoms with Crippen molar-refractivity contribution < 1.29 is 22.7 Å². The number of carbonyl (C=O) groups excluding carboxylic acids is 1. The topological polar surface area (TPSA) is 73.4 Å². The average Bonchev–Trinajstić information content (AvgIpc) is 3.40. The smallest absolute Gasteiger partial charge is 0.280 e. The van der Waals surface area contributed by atoms with Crippen molar-refractivity contribution in [2.75, 3.05) is 13.7 Å². The van der Waals surface area contributed by atoms with Gasteiger partial charge < -0.3 is 14.1 Å². The number of amides is 1. The van der Waals surface area contributed by atoms with E-state index in [-0.39, 0.29) is 24.2 Å². The fraction of sp³-hybridized carbons (Fsp3) is 0.435. The molecular weight excluding hydrogens is 418 g/mol. The molecule has 170 valence electrons. The molecule has 3 aromatic rings. The van der Waals surface area contributed by atoms with E-state index < -0.39 is 6.43 Å². The molecule has 0 saturated carbocycles. The van der Waals surface area contributed by atoms with Crippen LogP contribution in [0.25, 0.3) is 0 Å². The lowest BCUT2D eigenvalue weighted by Crippen LogP contribution is -2.40. The molecule has 0 unspecified atom stereocenters. The van der Waals surface area contributed by atoms with E-state index in [1.165, 1.54) is 6.07 Å². The van der Waals surface area contributed by atoms with Crippen LogP contribution in [0.4, 0.5) is 8.78 Å². The van der Waals surface area contributed by atoms with Crippen LogP contribution in [-0.2, 0) is 17.8 Å². The van der Waals surface area contributed by atoms with Gasteiger partial charge in [-0.3, -0.25) is 9.48 Å². The monoisotopic (exact) mass is 444 g/mol. The number of para-hydroxylation sites is 1. The minimum Gasteiger partial charge on any atom is -0.496 e. The normalized spacial score (nSPS) is 16.5. The van der Waals surface area contributed by atoms with Crippen LogP contribution in [0.5, 0.6) is 5.75 Å². The Morgan fingerprint density at radius 2 is 2.12 bits per heavy atom. The second kappa shape index (κ2) is 9.50. The van der Waals surface area contributed by atoms with Gasteiger partial charge in [0.2, 0.25) is 11.8 Å². The van der Waals surface area contributed by atoms with Crippen LogP contribution < -0.4 is 4.74 Å². The summed E-state index contributed by atoms with van der Waals surface area (Å²) in [5.41, 5.74) is 1.18. The minimum absolute atomic E-state index is 0.237. The Morgan fingerprint density at radius 3 is 2.91 bits per heavy atom. The van der Waals surface area contributed by atoms with Gasteiger partial charge in [-0.05, 0) is 38.3 Å². The van der Waals surface area contributed by atoms with Crippen molar-refractivity contribution in [3.8, 4) is 5.75 Å². The van der Waals surface area contributed by atoms with E-state index in [0.717, 1.165) is 28.8 Å². The Kier molecular flexibility index (Phi) is 6.53. The lowest BCUT2D eigenvalue weighted by molar-refractivity contribution is -0.136. The van der Waals surface area contributed by atoms with Crippen molar-refractivity contribution in [3.63, 3.8) is 0 Å². The maximum Gasteiger partial charge on any atom is 0.280 e. The highest BCUT2D eigenvalue weighted by Gasteiger charge is 2.32. The third-order valence-electron chi connectivity index (χ3n) is 5.68. The summed E-state index contributed by atoms with van der Waals surface area (Å²) in [4.78, 5) is 19.2. The van der Waals surface area contributed by atoms with Gasteiger partial charge in [-0.1, -0.05) is 18.2 Å². The molecule has 32 heavy (non-hydrogen) atoms. The number of carbonyl (C=O) groups is 1. The van der Waals surface area contributed by atoms with Crippen molar-refractivity contribution in [2.24, 2.45) is 0 Å². The van der Waals surface area contributed by atoms with Crippen LogP contribution in [0.1, 0.15) is 60.3 Å². The SMILES string of the molecule is COc1ccccc1Cc1cnc([C@@H]2CCCCN2C(=O)Cn2nc(C)cc2C(F)F)o1. The number of rotatable bonds is 7. The third kappa shape index (κ3) is 4.66. The number of hydrogen-bond donors (Lipinski definition) is 0. The molecule has 9 heteroatoms. The Morgan fingerprint density at radius 1 is 1.31 bits per heavy atom. The summed E-state index contributed by atoms with van der Waals surface area (Å²) in [5, 5.41) is 4.07. The van der Waals surface area contributed by atoms with E-state index >= 15 is 0 Å². The number of aryl methyl sites for hydroxylation is 1. The van der Waals surface area contributed by atoms with Gasteiger partial charge in [-0.2, -0.15) is 5.10 Å². The third-order valence-corrected chi connectivity index (χ3v) is 5.68. The van der Waals surface area contributed by atoms with Crippen LogP contribution in [0.3, 0.4) is 0 Å². The molecule has 7 nitrogen and oxygen atoms in total. The molecule has 1 aliphatic rings. The average molecular weight is 444 g/mol. The molecule has 1 aromatic carbocycles. The highest BCUT2D eigenvalue weighted by molar-refractivity contribution is 5.76. The number of alkyl halides is 2. The van der Waals surface area contributed by atoms with Crippen LogP contribution in [0, 0.1) is 6.92 Å². The summed E-state index contributed by atoms with van der Waals surface area (Å²) in [6.07, 6.45) is 1.98. The molecule has 4 rings (SSSR count). The van der Waals surface area contributed by atoms with Gasteiger partial charge in [0, 0.05) is 18.5 Å². The number of oxazole rings is 1. The summed E-state index contributed by atoms with van der Waals surface area (Å²) in [7, 11) is 1.62. The molecule has 0 spiro atoms. The van der Waals surface area contributed by atoms with Gasteiger partial charge in [-0.15, -0.1) is 0 Å². The largest absolute Gasteiger partial charge is 0.496 e. The van der Waals surface area contributed by atoms with Gasteiger partial charge in [0.05, 0.1) is 19.0 Å². The van der Waals surface area contributed by atoms with Crippen LogP contribution in [-0.4, -0.2) is 39.2 Å². The fourth-order valence-electron chi connectivity index (χ4n) is 4.17. The molecule has 0 radical (unpaired) electrons. The predicted octanol–water partition coefficient (Wildman–Crippen LogP) is 4.47. The first-order valence-corrected chi connectivity index (χ1v) is 10.6. The first-order chi connectivity index (χ1) is 15.5. The zero-order chi connectivity index (χ0) is 22.7. The summed E-state index contributed by atoms with van der Waals surface area (Å²) >= 11 is 0. The van der Waals surface area contributed by atoms with E-state index in [4.69, 9.17) is 9.15 Å². The van der Waals surface area contributed by atoms with Crippen molar-refractivity contribution >= 4 is 5.91 Å². The molecule has 1 amide bonds. The first-order valence-electron chi connectivity index (χ1n) is 10.6. The molecule has 0 aliphatic carbocycles. The lowest BCUT2D eigenvalue weighted by Gasteiger charge is -2.34. The van der Waals surface area contributed by atoms with E-state index in [1.807, 2.05) is 24.3 Å². The predicted molar refractivity (Wildman–Crippen MR) is 113 cm³/mol. The molecule has 2 aromatic heterocycles. The number of halogens is 2. The number of methoxy groups -OCH3 is 1. The number of likely N-dealkylation sites (tertiary alicyclic amines) is 1. The van der Waals surface area contributed by atoms with E-state index in [0.29, 0.717) is 36.7 Å². The molecule has 1 saturated heterocycles. The summed E-state index contributed by atoms with van der Waals surface area (Å²) in [6.45, 7) is 1.92. The number of ether oxygens (including phenoxy) is 1. The quantitative estimate of drug-likeness (QED) is 0.538. The van der Waals surface area contributed by atoms with Crippen molar-refractivity contribution in [1.29, 1.82) is 0 Å². The number of hydrogen-bond acceptors (Lipinski definition) is 5. The van der Waals surface area contributed by atoms with Crippen LogP contribution in [0.15, 0.2) is 40.9 Å². The molecule has 3 heterocycles. The Balaban J connectivity index is 1.51. The summed E-state index contributed by atoms with van der Waals surface area (Å²) in [6, 6.07) is 8.67. The van der Waals surface area contributed by atoms with Crippen LogP contribution >= 0.6 is 0 Å². The first kappa shape index (κ1) is 22.0. The highest BCUT2D eigenvalue weighted by Crippen LogP contribution is 2.32. The fourth-order valence-corrected chi connectivity index (χ4v) is 4.17. The summed E-state index contributed by atoms with van der Waals surface area (Å²) in [5.74, 6) is 1.63. The molecular formula is C23H26F2N4O3. The van der Waals surface area contributed by atoms with E-state index in [1.54, 1.807) is 25.1 Å². The highest BCUT2D eigenvalue weighted by atomic mass is 19.3. The molecule has 1 aliphatic heterocycles. The molecule has 0 N–H and O–H groups in total. The standard InChI is InChI=1S/C23H26F2N4O3/c1-15-11-19(22(24)25)29(27-15)14-21(30)28-10-6-5-8-18(28)23-26-13-17(32-23)12-16-7-3-4-9-20(16)31-2/h3-4,7,9,11,13,18,22H,5-6,8,10,12,14H2,1-2H3/t18-/m0/s1. The number of benzene rings is 1. The van der Waals surface area contributed by atoms with Gasteiger partial charge in [0.1, 0.15) is 29.8 Å². The maximum atomic E-state index is 13.3. The Labute approximate surface area is 185 Å². The van der Waals surface area contributed by atoms with Gasteiger partial charge in [0.15, 0.2) is 0 Å². The van der Waals surface area contributed by atoms with Gasteiger partial charge in [-0.25, -0.2) is 13.8 Å². The Bertz CT molecular complexity index is 1080. The van der Waals surface area contributed by atoms with Gasteiger partial charge in [0.25, 0.3) is 6.43 Å². The zero-order valence-electron chi connectivity index (χ0n) is 18.1. The van der Waals surface area contributed by atoms with E-state index in [9.17, 15) is 13.6 Å². The summed E-state index contributed by atoms with van der Waals surface area (Å²) < 4.78 is 39.1.